The van der Waals surface area contributed by atoms with Crippen LogP contribution in [0.4, 0.5) is 0 Å². The second kappa shape index (κ2) is 7.01. The van der Waals surface area contributed by atoms with Crippen molar-refractivity contribution in [3.8, 4) is 0 Å². The summed E-state index contributed by atoms with van der Waals surface area (Å²) in [6.07, 6.45) is 8.98. The highest BCUT2D eigenvalue weighted by atomic mass is 15.2. The normalized spacial score (nSPS) is 23.1. The molecule has 1 unspecified atom stereocenters. The van der Waals surface area contributed by atoms with Gasteiger partial charge >= 0.3 is 0 Å². The highest BCUT2D eigenvalue weighted by Gasteiger charge is 2.33. The van der Waals surface area contributed by atoms with Crippen molar-refractivity contribution in [2.24, 2.45) is 0 Å². The summed E-state index contributed by atoms with van der Waals surface area (Å²) in [4.78, 5) is 6.65. The molecule has 0 spiro atoms. The molecule has 0 bridgehead atoms. The van der Waals surface area contributed by atoms with E-state index in [2.05, 4.69) is 41.2 Å². The van der Waals surface area contributed by atoms with E-state index in [9.17, 15) is 0 Å². The van der Waals surface area contributed by atoms with Crippen molar-refractivity contribution in [2.45, 2.75) is 51.6 Å². The summed E-state index contributed by atoms with van der Waals surface area (Å²) in [5.74, 6) is 0. The molecule has 1 aliphatic rings. The minimum Gasteiger partial charge on any atom is -0.310 e. The summed E-state index contributed by atoms with van der Waals surface area (Å²) in [5, 5.41) is 3.77. The lowest BCUT2D eigenvalue weighted by Gasteiger charge is -2.35. The standard InChI is InChI=1S/C16H27N3/c1-3-8-16(9-5-10-18-16)14-19(4-2)13-15-6-11-17-12-7-15/h6-7,11-12,18H,3-5,8-10,13-14H2,1-2H3. The van der Waals surface area contributed by atoms with Crippen LogP contribution >= 0.6 is 0 Å². The van der Waals surface area contributed by atoms with Gasteiger partial charge in [0.25, 0.3) is 0 Å². The van der Waals surface area contributed by atoms with Crippen LogP contribution in [0.1, 0.15) is 45.1 Å². The molecule has 1 fully saturated rings. The fourth-order valence-electron chi connectivity index (χ4n) is 3.23. The molecule has 3 nitrogen and oxygen atoms in total. The summed E-state index contributed by atoms with van der Waals surface area (Å²) in [6, 6.07) is 4.24. The van der Waals surface area contributed by atoms with Gasteiger partial charge < -0.3 is 5.32 Å². The summed E-state index contributed by atoms with van der Waals surface area (Å²) in [5.41, 5.74) is 1.72. The number of rotatable bonds is 7. The molecule has 1 N–H and O–H groups in total. The lowest BCUT2D eigenvalue weighted by Crippen LogP contribution is -2.49. The molecule has 3 heteroatoms. The maximum Gasteiger partial charge on any atom is 0.0309 e. The van der Waals surface area contributed by atoms with E-state index in [1.807, 2.05) is 12.4 Å². The number of nitrogens with zero attached hydrogens (tertiary/aromatic N) is 2. The van der Waals surface area contributed by atoms with Gasteiger partial charge in [-0.1, -0.05) is 20.3 Å². The van der Waals surface area contributed by atoms with E-state index in [0.717, 1.165) is 13.1 Å². The maximum atomic E-state index is 4.09. The quantitative estimate of drug-likeness (QED) is 0.818. The number of hydrogen-bond donors (Lipinski definition) is 1. The Bertz CT molecular complexity index is 358. The van der Waals surface area contributed by atoms with Crippen LogP contribution in [0, 0.1) is 0 Å². The van der Waals surface area contributed by atoms with Gasteiger partial charge in [0.05, 0.1) is 0 Å². The first kappa shape index (κ1) is 14.5. The molecule has 0 aliphatic carbocycles. The van der Waals surface area contributed by atoms with E-state index < -0.39 is 0 Å². The minimum absolute atomic E-state index is 0.359. The molecule has 0 radical (unpaired) electrons. The van der Waals surface area contributed by atoms with Gasteiger partial charge in [0.15, 0.2) is 0 Å². The van der Waals surface area contributed by atoms with E-state index in [0.29, 0.717) is 5.54 Å². The van der Waals surface area contributed by atoms with Gasteiger partial charge in [0.2, 0.25) is 0 Å². The monoisotopic (exact) mass is 261 g/mol. The molecule has 2 rings (SSSR count). The van der Waals surface area contributed by atoms with Gasteiger partial charge in [-0.15, -0.1) is 0 Å². The van der Waals surface area contributed by atoms with E-state index in [-0.39, 0.29) is 0 Å². The highest BCUT2D eigenvalue weighted by Crippen LogP contribution is 2.26. The predicted molar refractivity (Wildman–Crippen MR) is 80.1 cm³/mol. The third-order valence-corrected chi connectivity index (χ3v) is 4.19. The van der Waals surface area contributed by atoms with Gasteiger partial charge in [0.1, 0.15) is 0 Å². The van der Waals surface area contributed by atoms with Crippen LogP contribution in [0.2, 0.25) is 0 Å². The fraction of sp³-hybridized carbons (Fsp3) is 0.688. The van der Waals surface area contributed by atoms with Crippen molar-refractivity contribution in [3.63, 3.8) is 0 Å². The highest BCUT2D eigenvalue weighted by molar-refractivity contribution is 5.09. The number of pyridine rings is 1. The zero-order valence-electron chi connectivity index (χ0n) is 12.4. The first-order valence-electron chi connectivity index (χ1n) is 7.64. The van der Waals surface area contributed by atoms with E-state index in [1.165, 1.54) is 44.3 Å². The Morgan fingerprint density at radius 1 is 1.32 bits per heavy atom. The lowest BCUT2D eigenvalue weighted by molar-refractivity contribution is 0.183. The molecule has 0 saturated carbocycles. The van der Waals surface area contributed by atoms with Crippen LogP contribution in [-0.4, -0.2) is 35.1 Å². The molecule has 1 saturated heterocycles. The Kier molecular flexibility index (Phi) is 5.34. The molecule has 106 valence electrons. The maximum absolute atomic E-state index is 4.09. The third kappa shape index (κ3) is 4.02. The summed E-state index contributed by atoms with van der Waals surface area (Å²) in [6.45, 7) is 9.05. The van der Waals surface area contributed by atoms with Crippen LogP contribution in [0.15, 0.2) is 24.5 Å². The number of hydrogen-bond acceptors (Lipinski definition) is 3. The molecule has 0 amide bonds. The second-order valence-corrected chi connectivity index (χ2v) is 5.72. The van der Waals surface area contributed by atoms with Gasteiger partial charge in [-0.3, -0.25) is 9.88 Å². The molecule has 2 heterocycles. The number of aromatic nitrogens is 1. The molecule has 19 heavy (non-hydrogen) atoms. The zero-order valence-corrected chi connectivity index (χ0v) is 12.4. The van der Waals surface area contributed by atoms with Gasteiger partial charge in [-0.05, 0) is 50.0 Å². The van der Waals surface area contributed by atoms with Crippen molar-refractivity contribution in [2.75, 3.05) is 19.6 Å². The van der Waals surface area contributed by atoms with Crippen molar-refractivity contribution < 1.29 is 0 Å². The van der Waals surface area contributed by atoms with Crippen LogP contribution in [0.25, 0.3) is 0 Å². The topological polar surface area (TPSA) is 28.2 Å². The zero-order chi connectivity index (χ0) is 13.6. The minimum atomic E-state index is 0.359. The first-order valence-corrected chi connectivity index (χ1v) is 7.64. The summed E-state index contributed by atoms with van der Waals surface area (Å²) in [7, 11) is 0. The largest absolute Gasteiger partial charge is 0.310 e. The molecule has 1 aromatic rings. The average molecular weight is 261 g/mol. The van der Waals surface area contributed by atoms with Crippen molar-refractivity contribution in [1.82, 2.24) is 15.2 Å². The van der Waals surface area contributed by atoms with E-state index >= 15 is 0 Å². The lowest BCUT2D eigenvalue weighted by atomic mass is 9.91. The van der Waals surface area contributed by atoms with E-state index in [1.54, 1.807) is 0 Å². The van der Waals surface area contributed by atoms with Gasteiger partial charge in [0, 0.05) is 31.0 Å². The SMILES string of the molecule is CCCC1(CN(CC)Cc2ccncc2)CCCN1. The summed E-state index contributed by atoms with van der Waals surface area (Å²) < 4.78 is 0. The van der Waals surface area contributed by atoms with Gasteiger partial charge in [-0.25, -0.2) is 0 Å². The molecule has 0 aromatic carbocycles. The first-order chi connectivity index (χ1) is 9.28. The third-order valence-electron chi connectivity index (χ3n) is 4.19. The van der Waals surface area contributed by atoms with Crippen molar-refractivity contribution in [1.29, 1.82) is 0 Å². The van der Waals surface area contributed by atoms with Crippen LogP contribution < -0.4 is 5.32 Å². The smallest absolute Gasteiger partial charge is 0.0309 e. The molecule has 1 aliphatic heterocycles. The second-order valence-electron chi connectivity index (χ2n) is 5.72. The Morgan fingerprint density at radius 2 is 2.11 bits per heavy atom. The van der Waals surface area contributed by atoms with Crippen molar-refractivity contribution in [3.05, 3.63) is 30.1 Å². The molecular formula is C16H27N3. The van der Waals surface area contributed by atoms with E-state index in [4.69, 9.17) is 0 Å². The van der Waals surface area contributed by atoms with Crippen molar-refractivity contribution >= 4 is 0 Å². The molecule has 1 aromatic heterocycles. The summed E-state index contributed by atoms with van der Waals surface area (Å²) >= 11 is 0. The predicted octanol–water partition coefficient (Wildman–Crippen LogP) is 2.83. The van der Waals surface area contributed by atoms with Crippen LogP contribution in [0.3, 0.4) is 0 Å². The number of nitrogens with one attached hydrogen (secondary N) is 1. The van der Waals surface area contributed by atoms with Gasteiger partial charge in [-0.2, -0.15) is 0 Å². The van der Waals surface area contributed by atoms with Crippen LogP contribution in [-0.2, 0) is 6.54 Å². The Morgan fingerprint density at radius 3 is 2.68 bits per heavy atom. The Balaban J connectivity index is 1.97. The van der Waals surface area contributed by atoms with Crippen LogP contribution in [0.5, 0.6) is 0 Å². The number of likely N-dealkylation sites (N-methyl/N-ethyl adjacent to an activating group) is 1. The average Bonchev–Trinajstić information content (AvgIpc) is 2.88. The Hall–Kier alpha value is -0.930. The fourth-order valence-corrected chi connectivity index (χ4v) is 3.23. The molecule has 1 atom stereocenters. The molecular weight excluding hydrogens is 234 g/mol. The Labute approximate surface area is 117 Å².